The quantitative estimate of drug-likeness (QED) is 0.795. The molecule has 0 bridgehead atoms. The van der Waals surface area contributed by atoms with E-state index in [1.54, 1.807) is 19.1 Å². The highest BCUT2D eigenvalue weighted by atomic mass is 32.2. The largest absolute Gasteiger partial charge is 0.389 e. The van der Waals surface area contributed by atoms with E-state index in [9.17, 15) is 13.5 Å². The second-order valence-corrected chi connectivity index (χ2v) is 6.22. The fraction of sp³-hybridized carbons (Fsp3) is 0.500. The molecule has 0 heterocycles. The number of benzene rings is 1. The summed E-state index contributed by atoms with van der Waals surface area (Å²) in [6, 6.07) is 6.33. The zero-order valence-electron chi connectivity index (χ0n) is 10.9. The molecule has 0 radical (unpaired) electrons. The van der Waals surface area contributed by atoms with E-state index in [0.29, 0.717) is 18.7 Å². The Hall–Kier alpha value is -0.950. The van der Waals surface area contributed by atoms with Crippen LogP contribution in [0.4, 0.5) is 0 Å². The van der Waals surface area contributed by atoms with Gasteiger partial charge in [0.1, 0.15) is 0 Å². The van der Waals surface area contributed by atoms with Gasteiger partial charge in [-0.15, -0.1) is 0 Å². The van der Waals surface area contributed by atoms with E-state index in [1.807, 2.05) is 19.0 Å². The maximum Gasteiger partial charge on any atom is 0.240 e. The fourth-order valence-corrected chi connectivity index (χ4v) is 2.50. The van der Waals surface area contributed by atoms with Crippen LogP contribution in [0.25, 0.3) is 0 Å². The number of hydrogen-bond acceptors (Lipinski definition) is 4. The summed E-state index contributed by atoms with van der Waals surface area (Å²) >= 11 is 0. The Kier molecular flexibility index (Phi) is 5.28. The maximum absolute atomic E-state index is 12.0. The standard InChI is InChI=1S/C12H20N2O3S/c1-10(15)11-5-4-6-12(9-11)18(16,17)13-7-8-14(2)3/h4-6,9-10,13,15H,7-8H2,1-3H3. The van der Waals surface area contributed by atoms with Crippen LogP contribution >= 0.6 is 0 Å². The molecular weight excluding hydrogens is 252 g/mol. The third-order valence-corrected chi connectivity index (χ3v) is 3.96. The Morgan fingerprint density at radius 1 is 1.39 bits per heavy atom. The van der Waals surface area contributed by atoms with Crippen LogP contribution in [0, 0.1) is 0 Å². The summed E-state index contributed by atoms with van der Waals surface area (Å²) in [6.45, 7) is 2.59. The first-order valence-electron chi connectivity index (χ1n) is 5.75. The number of sulfonamides is 1. The normalized spacial score (nSPS) is 13.8. The molecule has 1 aromatic carbocycles. The van der Waals surface area contributed by atoms with Gasteiger partial charge in [-0.05, 0) is 38.7 Å². The van der Waals surface area contributed by atoms with Crippen molar-refractivity contribution in [1.82, 2.24) is 9.62 Å². The van der Waals surface area contributed by atoms with Crippen molar-refractivity contribution in [3.05, 3.63) is 29.8 Å². The lowest BCUT2D eigenvalue weighted by Gasteiger charge is -2.12. The molecule has 0 aromatic heterocycles. The third-order valence-electron chi connectivity index (χ3n) is 2.50. The highest BCUT2D eigenvalue weighted by Crippen LogP contribution is 2.16. The molecule has 5 nitrogen and oxygen atoms in total. The van der Waals surface area contributed by atoms with Gasteiger partial charge < -0.3 is 10.0 Å². The van der Waals surface area contributed by atoms with Gasteiger partial charge in [0, 0.05) is 13.1 Å². The van der Waals surface area contributed by atoms with Crippen LogP contribution in [0.2, 0.25) is 0 Å². The molecule has 1 atom stereocenters. The zero-order chi connectivity index (χ0) is 13.8. The maximum atomic E-state index is 12.0. The third kappa shape index (κ3) is 4.38. The van der Waals surface area contributed by atoms with Crippen LogP contribution in [0.5, 0.6) is 0 Å². The van der Waals surface area contributed by atoms with Crippen molar-refractivity contribution in [1.29, 1.82) is 0 Å². The van der Waals surface area contributed by atoms with Crippen molar-refractivity contribution < 1.29 is 13.5 Å². The highest BCUT2D eigenvalue weighted by Gasteiger charge is 2.14. The minimum absolute atomic E-state index is 0.180. The number of aliphatic hydroxyl groups is 1. The summed E-state index contributed by atoms with van der Waals surface area (Å²) < 4.78 is 26.5. The molecule has 6 heteroatoms. The van der Waals surface area contributed by atoms with E-state index in [2.05, 4.69) is 4.72 Å². The zero-order valence-corrected chi connectivity index (χ0v) is 11.7. The monoisotopic (exact) mass is 272 g/mol. The Balaban J connectivity index is 2.81. The van der Waals surface area contributed by atoms with Crippen molar-refractivity contribution in [2.45, 2.75) is 17.9 Å². The molecule has 1 rings (SSSR count). The van der Waals surface area contributed by atoms with E-state index in [-0.39, 0.29) is 4.90 Å². The van der Waals surface area contributed by atoms with Crippen LogP contribution in [-0.2, 0) is 10.0 Å². The first-order chi connectivity index (χ1) is 8.33. The Morgan fingerprint density at radius 3 is 2.61 bits per heavy atom. The number of likely N-dealkylation sites (N-methyl/N-ethyl adjacent to an activating group) is 1. The minimum atomic E-state index is -3.50. The summed E-state index contributed by atoms with van der Waals surface area (Å²) in [6.07, 6.45) is -0.679. The van der Waals surface area contributed by atoms with Crippen LogP contribution in [-0.4, -0.2) is 45.6 Å². The topological polar surface area (TPSA) is 69.6 Å². The van der Waals surface area contributed by atoms with E-state index in [4.69, 9.17) is 0 Å². The SMILES string of the molecule is CC(O)c1cccc(S(=O)(=O)NCCN(C)C)c1. The van der Waals surface area contributed by atoms with E-state index >= 15 is 0 Å². The number of nitrogens with one attached hydrogen (secondary N) is 1. The summed E-state index contributed by atoms with van der Waals surface area (Å²) in [4.78, 5) is 2.08. The first kappa shape index (κ1) is 15.1. The van der Waals surface area contributed by atoms with Gasteiger partial charge in [0.2, 0.25) is 10.0 Å². The van der Waals surface area contributed by atoms with E-state index in [1.165, 1.54) is 12.1 Å². The smallest absolute Gasteiger partial charge is 0.240 e. The molecular formula is C12H20N2O3S. The number of nitrogens with zero attached hydrogens (tertiary/aromatic N) is 1. The minimum Gasteiger partial charge on any atom is -0.389 e. The molecule has 1 aromatic rings. The van der Waals surface area contributed by atoms with Gasteiger partial charge in [0.05, 0.1) is 11.0 Å². The van der Waals surface area contributed by atoms with Gasteiger partial charge in [-0.25, -0.2) is 13.1 Å². The van der Waals surface area contributed by atoms with Crippen LogP contribution < -0.4 is 4.72 Å². The first-order valence-corrected chi connectivity index (χ1v) is 7.23. The van der Waals surface area contributed by atoms with Gasteiger partial charge in [0.15, 0.2) is 0 Å². The summed E-state index contributed by atoms with van der Waals surface area (Å²) in [7, 11) is 0.255. The van der Waals surface area contributed by atoms with Crippen molar-refractivity contribution in [3.63, 3.8) is 0 Å². The molecule has 0 aliphatic rings. The van der Waals surface area contributed by atoms with E-state index < -0.39 is 16.1 Å². The molecule has 2 N–H and O–H groups in total. The molecule has 1 unspecified atom stereocenters. The molecule has 102 valence electrons. The lowest BCUT2D eigenvalue weighted by Crippen LogP contribution is -2.31. The predicted molar refractivity (Wildman–Crippen MR) is 70.8 cm³/mol. The Labute approximate surface area is 108 Å². The van der Waals surface area contributed by atoms with Crippen molar-refractivity contribution >= 4 is 10.0 Å². The van der Waals surface area contributed by atoms with Crippen LogP contribution in [0.1, 0.15) is 18.6 Å². The number of rotatable bonds is 6. The average molecular weight is 272 g/mol. The van der Waals surface area contributed by atoms with E-state index in [0.717, 1.165) is 0 Å². The molecule has 0 saturated heterocycles. The predicted octanol–water partition coefficient (Wildman–Crippen LogP) is 0.580. The van der Waals surface area contributed by atoms with Crippen molar-refractivity contribution in [2.24, 2.45) is 0 Å². The van der Waals surface area contributed by atoms with Gasteiger partial charge in [-0.3, -0.25) is 0 Å². The Bertz CT molecular complexity index is 484. The molecule has 18 heavy (non-hydrogen) atoms. The van der Waals surface area contributed by atoms with Crippen LogP contribution in [0.15, 0.2) is 29.2 Å². The molecule has 0 amide bonds. The molecule has 0 fully saturated rings. The number of aliphatic hydroxyl groups excluding tert-OH is 1. The van der Waals surface area contributed by atoms with Gasteiger partial charge in [0.25, 0.3) is 0 Å². The van der Waals surface area contributed by atoms with Gasteiger partial charge in [-0.2, -0.15) is 0 Å². The summed E-state index contributed by atoms with van der Waals surface area (Å²) in [5.41, 5.74) is 0.588. The Morgan fingerprint density at radius 2 is 2.06 bits per heavy atom. The second-order valence-electron chi connectivity index (χ2n) is 4.45. The van der Waals surface area contributed by atoms with Crippen molar-refractivity contribution in [2.75, 3.05) is 27.2 Å². The molecule has 0 aliphatic heterocycles. The fourth-order valence-electron chi connectivity index (χ4n) is 1.43. The van der Waals surface area contributed by atoms with Gasteiger partial charge in [-0.1, -0.05) is 12.1 Å². The van der Waals surface area contributed by atoms with Crippen molar-refractivity contribution in [3.8, 4) is 0 Å². The van der Waals surface area contributed by atoms with Gasteiger partial charge >= 0.3 is 0 Å². The molecule has 0 aliphatic carbocycles. The lowest BCUT2D eigenvalue weighted by molar-refractivity contribution is 0.199. The summed E-state index contributed by atoms with van der Waals surface area (Å²) in [5, 5.41) is 9.44. The second kappa shape index (κ2) is 6.29. The summed E-state index contributed by atoms with van der Waals surface area (Å²) in [5.74, 6) is 0. The van der Waals surface area contributed by atoms with Crippen LogP contribution in [0.3, 0.4) is 0 Å². The molecule has 0 spiro atoms. The highest BCUT2D eigenvalue weighted by molar-refractivity contribution is 7.89. The number of hydrogen-bond donors (Lipinski definition) is 2. The molecule has 0 saturated carbocycles. The lowest BCUT2D eigenvalue weighted by atomic mass is 10.1. The average Bonchev–Trinajstić information content (AvgIpc) is 2.28.